The Morgan fingerprint density at radius 1 is 1.20 bits per heavy atom. The first kappa shape index (κ1) is 21.8. The van der Waals surface area contributed by atoms with Crippen LogP contribution in [-0.4, -0.2) is 28.0 Å². The summed E-state index contributed by atoms with van der Waals surface area (Å²) in [4.78, 5) is 12.2. The molecule has 30 heavy (non-hydrogen) atoms. The maximum absolute atomic E-state index is 12.2. The molecule has 7 heteroatoms. The maximum Gasteiger partial charge on any atom is 0.277 e. The molecule has 0 aliphatic carbocycles. The number of ether oxygens (including phenoxy) is 1. The summed E-state index contributed by atoms with van der Waals surface area (Å²) < 4.78 is 8.59. The number of carbonyl (C=O) groups is 1. The number of nitrogens with one attached hydrogen (secondary N) is 1. The monoisotopic (exact) mass is 468 g/mol. The van der Waals surface area contributed by atoms with Crippen LogP contribution in [-0.2, 0) is 4.79 Å². The van der Waals surface area contributed by atoms with E-state index in [1.165, 1.54) is 0 Å². The lowest BCUT2D eigenvalue weighted by Crippen LogP contribution is -2.25. The smallest absolute Gasteiger partial charge is 0.277 e. The van der Waals surface area contributed by atoms with E-state index in [4.69, 9.17) is 4.74 Å². The molecule has 0 aliphatic heterocycles. The average Bonchev–Trinajstić information content (AvgIpc) is 3.21. The minimum Gasteiger partial charge on any atom is -0.483 e. The van der Waals surface area contributed by atoms with Crippen LogP contribution in [0.5, 0.6) is 5.75 Å². The third-order valence-corrected chi connectivity index (χ3v) is 4.79. The predicted octanol–water partition coefficient (Wildman–Crippen LogP) is 5.22. The van der Waals surface area contributed by atoms with Crippen molar-refractivity contribution < 1.29 is 9.53 Å². The van der Waals surface area contributed by atoms with Gasteiger partial charge in [-0.2, -0.15) is 10.2 Å². The van der Waals surface area contributed by atoms with Crippen molar-refractivity contribution in [2.45, 2.75) is 27.2 Å². The number of hydrogen-bond donors (Lipinski definition) is 1. The Morgan fingerprint density at radius 3 is 2.70 bits per heavy atom. The van der Waals surface area contributed by atoms with E-state index in [-0.39, 0.29) is 12.5 Å². The lowest BCUT2D eigenvalue weighted by atomic mass is 10.1. The van der Waals surface area contributed by atoms with E-state index < -0.39 is 0 Å². The second-order valence-electron chi connectivity index (χ2n) is 7.37. The normalized spacial score (nSPS) is 11.6. The third kappa shape index (κ3) is 5.79. The van der Waals surface area contributed by atoms with Crippen LogP contribution in [0.15, 0.2) is 70.4 Å². The second-order valence-corrected chi connectivity index (χ2v) is 8.29. The number of para-hydroxylation sites is 1. The summed E-state index contributed by atoms with van der Waals surface area (Å²) in [5.41, 5.74) is 6.08. The van der Waals surface area contributed by atoms with Crippen LogP contribution in [0.4, 0.5) is 0 Å². The number of benzene rings is 2. The molecule has 2 aromatic carbocycles. The number of halogens is 1. The van der Waals surface area contributed by atoms with Crippen molar-refractivity contribution in [3.8, 4) is 22.7 Å². The van der Waals surface area contributed by atoms with Crippen molar-refractivity contribution in [3.05, 3.63) is 65.3 Å². The van der Waals surface area contributed by atoms with Crippen molar-refractivity contribution >= 4 is 27.5 Å². The number of hydrazone groups is 1. The first-order valence-corrected chi connectivity index (χ1v) is 10.6. The molecule has 6 nitrogen and oxygen atoms in total. The highest BCUT2D eigenvalue weighted by Gasteiger charge is 2.14. The van der Waals surface area contributed by atoms with Crippen LogP contribution in [0, 0.1) is 5.92 Å². The molecule has 1 heterocycles. The standard InChI is InChI=1S/C23H25BrN4O2/c1-16(2)13-17(3)26-27-23(29)15-30-22-10-9-18(24)14-20(22)21-11-12-25-28(21)19-7-5-4-6-8-19/h4-12,14,16H,13,15H2,1-3H3,(H,27,29)/b26-17-. The van der Waals surface area contributed by atoms with Gasteiger partial charge in [-0.05, 0) is 55.7 Å². The minimum atomic E-state index is -0.302. The molecule has 3 rings (SSSR count). The van der Waals surface area contributed by atoms with Crippen molar-refractivity contribution in [2.24, 2.45) is 11.0 Å². The molecule has 0 fully saturated rings. The predicted molar refractivity (Wildman–Crippen MR) is 123 cm³/mol. The van der Waals surface area contributed by atoms with Crippen molar-refractivity contribution in [2.75, 3.05) is 6.61 Å². The van der Waals surface area contributed by atoms with Crippen LogP contribution < -0.4 is 10.2 Å². The van der Waals surface area contributed by atoms with Gasteiger partial charge in [-0.1, -0.05) is 48.0 Å². The Labute approximate surface area is 185 Å². The lowest BCUT2D eigenvalue weighted by molar-refractivity contribution is -0.123. The van der Waals surface area contributed by atoms with Gasteiger partial charge in [0, 0.05) is 15.7 Å². The fraction of sp³-hybridized carbons (Fsp3) is 0.261. The molecule has 0 atom stereocenters. The molecule has 1 N–H and O–H groups in total. The number of hydrogen-bond acceptors (Lipinski definition) is 4. The molecule has 0 saturated heterocycles. The van der Waals surface area contributed by atoms with Crippen LogP contribution in [0.2, 0.25) is 0 Å². The largest absolute Gasteiger partial charge is 0.483 e. The van der Waals surface area contributed by atoms with E-state index in [2.05, 4.69) is 45.4 Å². The van der Waals surface area contributed by atoms with Gasteiger partial charge in [0.25, 0.3) is 5.91 Å². The topological polar surface area (TPSA) is 68.5 Å². The molecule has 156 valence electrons. The fourth-order valence-corrected chi connectivity index (χ4v) is 3.44. The second kappa shape index (κ2) is 10.2. The Balaban J connectivity index is 1.78. The number of amides is 1. The zero-order valence-electron chi connectivity index (χ0n) is 17.3. The lowest BCUT2D eigenvalue weighted by Gasteiger charge is -2.13. The minimum absolute atomic E-state index is 0.132. The molecule has 1 amide bonds. The van der Waals surface area contributed by atoms with Crippen molar-refractivity contribution in [1.82, 2.24) is 15.2 Å². The molecule has 1 aromatic heterocycles. The van der Waals surface area contributed by atoms with Gasteiger partial charge in [-0.15, -0.1) is 0 Å². The van der Waals surface area contributed by atoms with Gasteiger partial charge in [0.1, 0.15) is 5.75 Å². The van der Waals surface area contributed by atoms with Gasteiger partial charge >= 0.3 is 0 Å². The number of aromatic nitrogens is 2. The molecule has 0 radical (unpaired) electrons. The zero-order chi connectivity index (χ0) is 21.5. The van der Waals surface area contributed by atoms with Crippen molar-refractivity contribution in [3.63, 3.8) is 0 Å². The van der Waals surface area contributed by atoms with E-state index >= 15 is 0 Å². The molecular formula is C23H25BrN4O2. The molecule has 0 spiro atoms. The fourth-order valence-electron chi connectivity index (χ4n) is 3.08. The van der Waals surface area contributed by atoms with Gasteiger partial charge < -0.3 is 4.74 Å². The summed E-state index contributed by atoms with van der Waals surface area (Å²) in [7, 11) is 0. The van der Waals surface area contributed by atoms with E-state index in [1.807, 2.05) is 66.2 Å². The molecule has 0 unspecified atom stereocenters. The Bertz CT molecular complexity index is 1030. The molecule has 3 aromatic rings. The van der Waals surface area contributed by atoms with Crippen LogP contribution in [0.3, 0.4) is 0 Å². The highest BCUT2D eigenvalue weighted by Crippen LogP contribution is 2.33. The summed E-state index contributed by atoms with van der Waals surface area (Å²) >= 11 is 3.52. The third-order valence-electron chi connectivity index (χ3n) is 4.29. The van der Waals surface area contributed by atoms with Gasteiger partial charge in [-0.3, -0.25) is 4.79 Å². The van der Waals surface area contributed by atoms with Crippen LogP contribution >= 0.6 is 15.9 Å². The van der Waals surface area contributed by atoms with Gasteiger partial charge in [0.05, 0.1) is 17.6 Å². The summed E-state index contributed by atoms with van der Waals surface area (Å²) in [6.45, 7) is 5.99. The number of rotatable bonds is 8. The Morgan fingerprint density at radius 2 is 1.97 bits per heavy atom. The Kier molecular flexibility index (Phi) is 7.41. The molecule has 0 saturated carbocycles. The van der Waals surface area contributed by atoms with Crippen LogP contribution in [0.25, 0.3) is 16.9 Å². The van der Waals surface area contributed by atoms with E-state index in [0.717, 1.165) is 33.5 Å². The maximum atomic E-state index is 12.2. The number of nitrogens with zero attached hydrogens (tertiary/aromatic N) is 3. The SMILES string of the molecule is C/C(CC(C)C)=N/NC(=O)COc1ccc(Br)cc1-c1ccnn1-c1ccccc1. The Hall–Kier alpha value is -2.93. The molecule has 0 bridgehead atoms. The first-order chi connectivity index (χ1) is 14.4. The summed E-state index contributed by atoms with van der Waals surface area (Å²) in [6.07, 6.45) is 2.58. The quantitative estimate of drug-likeness (QED) is 0.363. The molecule has 0 aliphatic rings. The van der Waals surface area contributed by atoms with Crippen molar-refractivity contribution in [1.29, 1.82) is 0 Å². The van der Waals surface area contributed by atoms with E-state index in [0.29, 0.717) is 11.7 Å². The van der Waals surface area contributed by atoms with E-state index in [9.17, 15) is 4.79 Å². The number of carbonyl (C=O) groups excluding carboxylic acids is 1. The summed E-state index contributed by atoms with van der Waals surface area (Å²) in [6, 6.07) is 17.4. The van der Waals surface area contributed by atoms with Gasteiger partial charge in [0.2, 0.25) is 0 Å². The molecular weight excluding hydrogens is 444 g/mol. The highest BCUT2D eigenvalue weighted by molar-refractivity contribution is 9.10. The van der Waals surface area contributed by atoms with Crippen LogP contribution in [0.1, 0.15) is 27.2 Å². The van der Waals surface area contributed by atoms with Gasteiger partial charge in [0.15, 0.2) is 6.61 Å². The summed E-state index contributed by atoms with van der Waals surface area (Å²) in [5.74, 6) is 0.777. The summed E-state index contributed by atoms with van der Waals surface area (Å²) in [5, 5.41) is 8.58. The first-order valence-electron chi connectivity index (χ1n) is 9.78. The zero-order valence-corrected chi connectivity index (χ0v) is 18.9. The van der Waals surface area contributed by atoms with Gasteiger partial charge in [-0.25, -0.2) is 10.1 Å². The van der Waals surface area contributed by atoms with E-state index in [1.54, 1.807) is 6.20 Å². The average molecular weight is 469 g/mol. The highest BCUT2D eigenvalue weighted by atomic mass is 79.9.